The number of hydrogen-bond donors (Lipinski definition) is 2. The molecule has 0 aliphatic carbocycles. The molecule has 2 aromatic heterocycles. The van der Waals surface area contributed by atoms with Crippen molar-refractivity contribution < 1.29 is 9.72 Å². The molecule has 2 rings (SSSR count). The molecule has 0 fully saturated rings. The van der Waals surface area contributed by atoms with E-state index >= 15 is 0 Å². The number of thiazole rings is 1. The van der Waals surface area contributed by atoms with Gasteiger partial charge in [0.15, 0.2) is 0 Å². The van der Waals surface area contributed by atoms with Crippen LogP contribution in [0.1, 0.15) is 31.8 Å². The number of carbonyl (C=O) groups excluding carboxylic acids is 1. The Morgan fingerprint density at radius 1 is 1.43 bits per heavy atom. The maximum absolute atomic E-state index is 12.0. The lowest BCUT2D eigenvalue weighted by molar-refractivity contribution is -0.385. The second kappa shape index (κ2) is 6.00. The van der Waals surface area contributed by atoms with E-state index < -0.39 is 10.8 Å². The van der Waals surface area contributed by atoms with Crippen LogP contribution in [0.5, 0.6) is 0 Å². The lowest BCUT2D eigenvalue weighted by Crippen LogP contribution is -2.26. The van der Waals surface area contributed by atoms with Gasteiger partial charge < -0.3 is 5.32 Å². The van der Waals surface area contributed by atoms with E-state index in [9.17, 15) is 14.9 Å². The van der Waals surface area contributed by atoms with Crippen LogP contribution in [-0.4, -0.2) is 32.6 Å². The molecule has 0 saturated heterocycles. The molecule has 2 N–H and O–H groups in total. The molecule has 0 aliphatic rings. The Labute approximate surface area is 124 Å². The number of carbonyl (C=O) groups is 1. The van der Waals surface area contributed by atoms with E-state index in [1.54, 1.807) is 11.3 Å². The Kier molecular flexibility index (Phi) is 4.32. The molecule has 2 aromatic rings. The zero-order valence-corrected chi connectivity index (χ0v) is 12.7. The largest absolute Gasteiger partial charge is 0.350 e. The number of aromatic nitrogens is 3. The number of hydrogen-bond acceptors (Lipinski definition) is 6. The smallest absolute Gasteiger partial charge is 0.322 e. The van der Waals surface area contributed by atoms with Crippen molar-refractivity contribution in [2.24, 2.45) is 0 Å². The summed E-state index contributed by atoms with van der Waals surface area (Å²) in [5.74, 6) is -0.551. The minimum absolute atomic E-state index is 0.185. The molecule has 0 saturated carbocycles. The lowest BCUT2D eigenvalue weighted by atomic mass is 10.2. The zero-order valence-electron chi connectivity index (χ0n) is 11.9. The summed E-state index contributed by atoms with van der Waals surface area (Å²) >= 11 is 1.58. The van der Waals surface area contributed by atoms with E-state index in [0.29, 0.717) is 13.0 Å². The van der Waals surface area contributed by atoms with Gasteiger partial charge in [-0.05, 0) is 20.8 Å². The number of rotatable bonds is 5. The number of H-pyrrole nitrogens is 1. The van der Waals surface area contributed by atoms with Gasteiger partial charge in [-0.1, -0.05) is 0 Å². The van der Waals surface area contributed by atoms with E-state index in [1.807, 2.05) is 13.8 Å². The third-order valence-electron chi connectivity index (χ3n) is 2.95. The zero-order chi connectivity index (χ0) is 15.6. The quantitative estimate of drug-likeness (QED) is 0.644. The fourth-order valence-corrected chi connectivity index (χ4v) is 2.92. The summed E-state index contributed by atoms with van der Waals surface area (Å²) in [5.41, 5.74) is 0.749. The Balaban J connectivity index is 1.99. The molecular formula is C12H15N5O3S. The van der Waals surface area contributed by atoms with Gasteiger partial charge in [0.25, 0.3) is 5.91 Å². The van der Waals surface area contributed by atoms with Crippen LogP contribution in [-0.2, 0) is 6.42 Å². The SMILES string of the molecule is Cc1nc(C)c(CCNC(=O)c2n[nH]c(C)c2[N+](=O)[O-])s1. The first kappa shape index (κ1) is 15.1. The first-order chi connectivity index (χ1) is 9.90. The van der Waals surface area contributed by atoms with Gasteiger partial charge in [0, 0.05) is 17.8 Å². The summed E-state index contributed by atoms with van der Waals surface area (Å²) in [6.45, 7) is 5.73. The molecular weight excluding hydrogens is 294 g/mol. The molecule has 0 aliphatic heterocycles. The van der Waals surface area contributed by atoms with Crippen molar-refractivity contribution in [1.82, 2.24) is 20.5 Å². The van der Waals surface area contributed by atoms with Gasteiger partial charge in [-0.25, -0.2) is 4.98 Å². The molecule has 0 aromatic carbocycles. The standard InChI is InChI=1S/C12H15N5O3S/c1-6-9(21-8(3)14-6)4-5-13-12(18)10-11(17(19)20)7(2)15-16-10/h4-5H2,1-3H3,(H,13,18)(H,15,16). The highest BCUT2D eigenvalue weighted by molar-refractivity contribution is 7.11. The molecule has 1 amide bonds. The molecule has 0 bridgehead atoms. The Morgan fingerprint density at radius 2 is 2.14 bits per heavy atom. The third kappa shape index (κ3) is 3.24. The van der Waals surface area contributed by atoms with Gasteiger partial charge in [-0.15, -0.1) is 11.3 Å². The molecule has 0 atom stereocenters. The topological polar surface area (TPSA) is 114 Å². The Bertz CT molecular complexity index is 691. The summed E-state index contributed by atoms with van der Waals surface area (Å²) in [7, 11) is 0. The van der Waals surface area contributed by atoms with Crippen LogP contribution in [0.4, 0.5) is 5.69 Å². The molecule has 0 unspecified atom stereocenters. The van der Waals surface area contributed by atoms with E-state index in [4.69, 9.17) is 0 Å². The average Bonchev–Trinajstić information content (AvgIpc) is 2.92. The number of nitrogens with one attached hydrogen (secondary N) is 2. The minimum Gasteiger partial charge on any atom is -0.350 e. The highest BCUT2D eigenvalue weighted by Gasteiger charge is 2.26. The van der Waals surface area contributed by atoms with Crippen molar-refractivity contribution >= 4 is 22.9 Å². The molecule has 112 valence electrons. The molecule has 9 heteroatoms. The Hall–Kier alpha value is -2.29. The number of aryl methyl sites for hydroxylation is 3. The first-order valence-electron chi connectivity index (χ1n) is 6.30. The van der Waals surface area contributed by atoms with Gasteiger partial charge in [-0.3, -0.25) is 20.0 Å². The van der Waals surface area contributed by atoms with Gasteiger partial charge in [0.1, 0.15) is 5.69 Å². The summed E-state index contributed by atoms with van der Waals surface area (Å²) in [6.07, 6.45) is 0.639. The lowest BCUT2D eigenvalue weighted by Gasteiger charge is -2.02. The van der Waals surface area contributed by atoms with Crippen LogP contribution in [0.2, 0.25) is 0 Å². The van der Waals surface area contributed by atoms with Crippen LogP contribution in [0, 0.1) is 30.9 Å². The first-order valence-corrected chi connectivity index (χ1v) is 7.12. The maximum atomic E-state index is 12.0. The van der Waals surface area contributed by atoms with Gasteiger partial charge in [-0.2, -0.15) is 5.10 Å². The number of amides is 1. The third-order valence-corrected chi connectivity index (χ3v) is 4.08. The molecule has 8 nitrogen and oxygen atoms in total. The summed E-state index contributed by atoms with van der Waals surface area (Å²) in [5, 5.41) is 20.7. The highest BCUT2D eigenvalue weighted by Crippen LogP contribution is 2.20. The maximum Gasteiger partial charge on any atom is 0.322 e. The minimum atomic E-state index is -0.607. The fourth-order valence-electron chi connectivity index (χ4n) is 1.98. The monoisotopic (exact) mass is 309 g/mol. The highest BCUT2D eigenvalue weighted by atomic mass is 32.1. The second-order valence-electron chi connectivity index (χ2n) is 4.55. The molecule has 0 radical (unpaired) electrons. The van der Waals surface area contributed by atoms with E-state index in [1.165, 1.54) is 6.92 Å². The van der Waals surface area contributed by atoms with Crippen LogP contribution in [0.3, 0.4) is 0 Å². The van der Waals surface area contributed by atoms with Crippen LogP contribution < -0.4 is 5.32 Å². The summed E-state index contributed by atoms with van der Waals surface area (Å²) in [6, 6.07) is 0. The van der Waals surface area contributed by atoms with Crippen molar-refractivity contribution in [2.75, 3.05) is 6.54 Å². The van der Waals surface area contributed by atoms with Crippen molar-refractivity contribution in [1.29, 1.82) is 0 Å². The predicted molar refractivity (Wildman–Crippen MR) is 77.6 cm³/mol. The number of aromatic amines is 1. The predicted octanol–water partition coefficient (Wildman–Crippen LogP) is 1.67. The van der Waals surface area contributed by atoms with Crippen LogP contribution in [0.25, 0.3) is 0 Å². The number of nitro groups is 1. The van der Waals surface area contributed by atoms with Crippen molar-refractivity contribution in [3.63, 3.8) is 0 Å². The van der Waals surface area contributed by atoms with Gasteiger partial charge in [0.2, 0.25) is 5.69 Å². The normalized spacial score (nSPS) is 10.6. The van der Waals surface area contributed by atoms with E-state index in [2.05, 4.69) is 20.5 Å². The van der Waals surface area contributed by atoms with E-state index in [-0.39, 0.29) is 17.1 Å². The Morgan fingerprint density at radius 3 is 2.71 bits per heavy atom. The van der Waals surface area contributed by atoms with Crippen LogP contribution >= 0.6 is 11.3 Å². The average molecular weight is 309 g/mol. The van der Waals surface area contributed by atoms with Crippen LogP contribution in [0.15, 0.2) is 0 Å². The second-order valence-corrected chi connectivity index (χ2v) is 5.84. The van der Waals surface area contributed by atoms with E-state index in [0.717, 1.165) is 15.6 Å². The van der Waals surface area contributed by atoms with Gasteiger partial charge in [0.05, 0.1) is 15.6 Å². The molecule has 2 heterocycles. The summed E-state index contributed by atoms with van der Waals surface area (Å²) in [4.78, 5) is 27.7. The van der Waals surface area contributed by atoms with Gasteiger partial charge >= 0.3 is 5.69 Å². The summed E-state index contributed by atoms with van der Waals surface area (Å²) < 4.78 is 0. The number of nitrogens with zero attached hydrogens (tertiary/aromatic N) is 3. The fraction of sp³-hybridized carbons (Fsp3) is 0.417. The van der Waals surface area contributed by atoms with Crippen molar-refractivity contribution in [3.05, 3.63) is 37.1 Å². The van der Waals surface area contributed by atoms with Crippen molar-refractivity contribution in [2.45, 2.75) is 27.2 Å². The molecule has 0 spiro atoms. The van der Waals surface area contributed by atoms with Crippen molar-refractivity contribution in [3.8, 4) is 0 Å². The molecule has 21 heavy (non-hydrogen) atoms.